The Hall–Kier alpha value is -7.86. The van der Waals surface area contributed by atoms with Gasteiger partial charge in [-0.1, -0.05) is 87.0 Å². The summed E-state index contributed by atoms with van der Waals surface area (Å²) in [6.07, 6.45) is 5.12. The number of esters is 5. The van der Waals surface area contributed by atoms with Crippen LogP contribution in [0.3, 0.4) is 0 Å². The van der Waals surface area contributed by atoms with Gasteiger partial charge in [-0.15, -0.1) is 0 Å². The van der Waals surface area contributed by atoms with Crippen molar-refractivity contribution in [2.75, 3.05) is 26.4 Å². The molecule has 1 N–H and O–H groups in total. The van der Waals surface area contributed by atoms with Gasteiger partial charge in [0.15, 0.2) is 5.75 Å². The third kappa shape index (κ3) is 9.45. The summed E-state index contributed by atoms with van der Waals surface area (Å²) in [5, 5.41) is 15.8. The summed E-state index contributed by atoms with van der Waals surface area (Å²) in [5.74, 6) is -4.92. The number of carboxylic acids is 1. The fraction of sp³-hybridized carbons (Fsp3) is 0.160. The minimum Gasteiger partial charge on any atom is -0.478 e. The molecule has 314 valence electrons. The summed E-state index contributed by atoms with van der Waals surface area (Å²) in [7, 11) is 0. The summed E-state index contributed by atoms with van der Waals surface area (Å²) < 4.78 is 27.6. The molecule has 6 rings (SSSR count). The zero-order valence-corrected chi connectivity index (χ0v) is 33.7. The highest BCUT2D eigenvalue weighted by Crippen LogP contribution is 2.42. The molecule has 62 heavy (non-hydrogen) atoms. The van der Waals surface area contributed by atoms with Crippen LogP contribution < -0.4 is 4.74 Å². The summed E-state index contributed by atoms with van der Waals surface area (Å²) in [5.41, 5.74) is 2.61. The minimum absolute atomic E-state index is 0.000853. The number of fused-ring (bicyclic) bond motifs is 4. The highest BCUT2D eigenvalue weighted by molar-refractivity contribution is 6.13. The predicted octanol–water partition coefficient (Wildman–Crippen LogP) is 8.30. The van der Waals surface area contributed by atoms with Crippen LogP contribution in [0.2, 0.25) is 0 Å². The quantitative estimate of drug-likeness (QED) is 0.0273. The maximum atomic E-state index is 14.5. The van der Waals surface area contributed by atoms with Gasteiger partial charge in [-0.25, -0.2) is 28.8 Å². The van der Waals surface area contributed by atoms with E-state index in [-0.39, 0.29) is 62.6 Å². The molecule has 0 amide bonds. The van der Waals surface area contributed by atoms with Crippen molar-refractivity contribution < 1.29 is 57.6 Å². The topological polar surface area (TPSA) is 169 Å². The Labute approximate surface area is 356 Å². The van der Waals surface area contributed by atoms with Crippen molar-refractivity contribution in [3.8, 4) is 5.75 Å². The number of hydrogen-bond acceptors (Lipinski definition) is 11. The molecular formula is C50H42O12. The third-order valence-corrected chi connectivity index (χ3v) is 10.3. The number of benzene rings is 6. The Kier molecular flexibility index (Phi) is 14.1. The molecule has 0 radical (unpaired) electrons. The Balaban J connectivity index is 1.54. The van der Waals surface area contributed by atoms with Crippen molar-refractivity contribution in [3.63, 3.8) is 0 Å². The largest absolute Gasteiger partial charge is 0.478 e. The van der Waals surface area contributed by atoms with E-state index in [0.717, 1.165) is 57.0 Å². The monoisotopic (exact) mass is 834 g/mol. The lowest BCUT2D eigenvalue weighted by Gasteiger charge is -2.21. The maximum absolute atomic E-state index is 14.5. The molecule has 0 aliphatic heterocycles. The number of hydrogen-bond donors (Lipinski definition) is 1. The van der Waals surface area contributed by atoms with E-state index >= 15 is 0 Å². The van der Waals surface area contributed by atoms with Crippen molar-refractivity contribution in [1.82, 2.24) is 0 Å². The summed E-state index contributed by atoms with van der Waals surface area (Å²) in [6.45, 7) is 13.8. The molecular weight excluding hydrogens is 793 g/mol. The molecule has 0 saturated heterocycles. The van der Waals surface area contributed by atoms with Crippen LogP contribution in [0.4, 0.5) is 0 Å². The molecule has 0 heterocycles. The molecule has 0 spiro atoms. The molecule has 6 aromatic rings. The van der Waals surface area contributed by atoms with E-state index in [0.29, 0.717) is 39.1 Å². The van der Waals surface area contributed by atoms with Gasteiger partial charge >= 0.3 is 35.8 Å². The molecule has 0 aromatic heterocycles. The molecule has 0 aliphatic rings. The first-order chi connectivity index (χ1) is 30.0. The second kappa shape index (κ2) is 19.9. The fourth-order valence-corrected chi connectivity index (χ4v) is 7.65. The van der Waals surface area contributed by atoms with Gasteiger partial charge in [-0.2, -0.15) is 0 Å². The average molecular weight is 835 g/mol. The number of carbonyl (C=O) groups is 6. The van der Waals surface area contributed by atoms with Crippen molar-refractivity contribution in [1.29, 1.82) is 0 Å². The number of ether oxygens (including phenoxy) is 5. The van der Waals surface area contributed by atoms with Gasteiger partial charge in [0.2, 0.25) is 0 Å². The van der Waals surface area contributed by atoms with Gasteiger partial charge in [-0.05, 0) is 78.2 Å². The fourth-order valence-electron chi connectivity index (χ4n) is 7.65. The molecule has 0 saturated carbocycles. The maximum Gasteiger partial charge on any atom is 0.343 e. The van der Waals surface area contributed by atoms with Crippen molar-refractivity contribution in [2.45, 2.75) is 25.7 Å². The minimum atomic E-state index is -1.36. The van der Waals surface area contributed by atoms with Crippen LogP contribution in [0.15, 0.2) is 129 Å². The summed E-state index contributed by atoms with van der Waals surface area (Å²) in [6, 6.07) is 22.9. The number of rotatable bonds is 19. The molecule has 0 bridgehead atoms. The van der Waals surface area contributed by atoms with Gasteiger partial charge in [0.1, 0.15) is 5.56 Å². The molecule has 0 fully saturated rings. The van der Waals surface area contributed by atoms with Crippen molar-refractivity contribution >= 4 is 78.9 Å². The third-order valence-electron chi connectivity index (χ3n) is 10.3. The molecule has 6 aromatic carbocycles. The van der Waals surface area contributed by atoms with Crippen LogP contribution in [-0.2, 0) is 63.8 Å². The van der Waals surface area contributed by atoms with E-state index in [1.807, 2.05) is 42.5 Å². The zero-order chi connectivity index (χ0) is 44.3. The number of carbonyl (C=O) groups excluding carboxylic acids is 5. The first kappa shape index (κ1) is 43.7. The normalized spacial score (nSPS) is 10.8. The Bertz CT molecular complexity index is 2830. The smallest absolute Gasteiger partial charge is 0.343 e. The molecule has 0 atom stereocenters. The van der Waals surface area contributed by atoms with Crippen LogP contribution in [0.5, 0.6) is 5.75 Å². The van der Waals surface area contributed by atoms with Gasteiger partial charge in [0.05, 0.1) is 32.0 Å². The van der Waals surface area contributed by atoms with Crippen LogP contribution in [-0.4, -0.2) is 67.3 Å². The lowest BCUT2D eigenvalue weighted by atomic mass is 9.87. The van der Waals surface area contributed by atoms with E-state index in [1.54, 1.807) is 30.3 Å². The van der Waals surface area contributed by atoms with E-state index in [1.165, 1.54) is 6.07 Å². The number of carboxylic acid groups (broad SMARTS) is 1. The van der Waals surface area contributed by atoms with Crippen LogP contribution >= 0.6 is 0 Å². The SMILES string of the molecule is C=CC(=O)OCCc1c2ccccc2c(CCOC(=O)C=C)c2cc(C(=O)Oc3c(C(=O)O)ccc4c(CCOC(=O)C=C)c5ccccc5c(CCOC(=O)C=C)c34)ccc12. The van der Waals surface area contributed by atoms with Crippen LogP contribution in [0, 0.1) is 0 Å². The van der Waals surface area contributed by atoms with E-state index in [2.05, 4.69) is 26.3 Å². The van der Waals surface area contributed by atoms with E-state index in [4.69, 9.17) is 23.7 Å². The Morgan fingerprint density at radius 3 is 1.27 bits per heavy atom. The first-order valence-electron chi connectivity index (χ1n) is 19.6. The molecule has 12 nitrogen and oxygen atoms in total. The first-order valence-corrected chi connectivity index (χ1v) is 19.6. The highest BCUT2D eigenvalue weighted by atomic mass is 16.5. The second-order valence-electron chi connectivity index (χ2n) is 13.8. The zero-order valence-electron chi connectivity index (χ0n) is 33.7. The summed E-state index contributed by atoms with van der Waals surface area (Å²) >= 11 is 0. The summed E-state index contributed by atoms with van der Waals surface area (Å²) in [4.78, 5) is 75.6. The predicted molar refractivity (Wildman–Crippen MR) is 234 cm³/mol. The lowest BCUT2D eigenvalue weighted by Crippen LogP contribution is -2.14. The number of aromatic carboxylic acids is 1. The van der Waals surface area contributed by atoms with E-state index < -0.39 is 35.8 Å². The van der Waals surface area contributed by atoms with Gasteiger partial charge in [-0.3, -0.25) is 0 Å². The highest BCUT2D eigenvalue weighted by Gasteiger charge is 2.26. The Morgan fingerprint density at radius 2 is 0.839 bits per heavy atom. The van der Waals surface area contributed by atoms with Gasteiger partial charge in [0.25, 0.3) is 0 Å². The van der Waals surface area contributed by atoms with Gasteiger partial charge in [0, 0.05) is 55.4 Å². The molecule has 0 aliphatic carbocycles. The van der Waals surface area contributed by atoms with Crippen molar-refractivity contribution in [2.24, 2.45) is 0 Å². The van der Waals surface area contributed by atoms with E-state index in [9.17, 15) is 33.9 Å². The second-order valence-corrected chi connectivity index (χ2v) is 13.8. The molecule has 0 unspecified atom stereocenters. The standard InChI is InChI=1S/C50H42O12/c1-5-43(51)58-25-21-36-31-13-9-10-14-32(31)38(23-27-60-45(53)7-3)42-29-30(17-18-35(36)42)50(57)62-48-41(49(55)56)20-19-39-37(22-26-59-44(52)6-2)33-15-11-12-16-34(33)40(47(39)48)24-28-61-46(54)8-4/h5-20,29H,1-4,21-28H2,(H,55,56). The van der Waals surface area contributed by atoms with Crippen LogP contribution in [0.25, 0.3) is 43.1 Å². The van der Waals surface area contributed by atoms with Crippen molar-refractivity contribution in [3.05, 3.63) is 163 Å². The molecule has 12 heteroatoms. The van der Waals surface area contributed by atoms with Gasteiger partial charge < -0.3 is 28.8 Å². The Morgan fingerprint density at radius 1 is 0.468 bits per heavy atom. The van der Waals surface area contributed by atoms with Crippen LogP contribution in [0.1, 0.15) is 43.0 Å². The average Bonchev–Trinajstić information content (AvgIpc) is 3.29. The lowest BCUT2D eigenvalue weighted by molar-refractivity contribution is -0.138.